The number of halogens is 1. The maximum Gasteiger partial charge on any atom is 0.134 e. The van der Waals surface area contributed by atoms with Crippen molar-refractivity contribution in [2.24, 2.45) is 0 Å². The van der Waals surface area contributed by atoms with E-state index in [0.717, 1.165) is 21.6 Å². The molecule has 2 aromatic carbocycles. The van der Waals surface area contributed by atoms with Crippen molar-refractivity contribution in [2.45, 2.75) is 6.92 Å². The Bertz CT molecular complexity index is 682. The quantitative estimate of drug-likeness (QED) is 0.601. The molecule has 0 amide bonds. The maximum absolute atomic E-state index is 5.63. The molecule has 0 spiro atoms. The molecule has 3 aromatic rings. The highest BCUT2D eigenvalue weighted by Crippen LogP contribution is 2.27. The van der Waals surface area contributed by atoms with Gasteiger partial charge in [0.15, 0.2) is 0 Å². The molecule has 0 N–H and O–H groups in total. The van der Waals surface area contributed by atoms with E-state index in [4.69, 9.17) is 4.42 Å². The standard InChI is InChI=1S/C15H11BrO/c1-10-2-7-15(17-10)13-4-3-12-9-14(16)6-5-11(12)8-13/h2-9H,1H3. The summed E-state index contributed by atoms with van der Waals surface area (Å²) in [5.74, 6) is 1.86. The van der Waals surface area contributed by atoms with Crippen LogP contribution in [-0.4, -0.2) is 0 Å². The topological polar surface area (TPSA) is 13.1 Å². The van der Waals surface area contributed by atoms with Crippen LogP contribution in [0.5, 0.6) is 0 Å². The van der Waals surface area contributed by atoms with Crippen molar-refractivity contribution in [1.82, 2.24) is 0 Å². The van der Waals surface area contributed by atoms with Gasteiger partial charge in [-0.05, 0) is 48.0 Å². The SMILES string of the molecule is Cc1ccc(-c2ccc3cc(Br)ccc3c2)o1. The highest BCUT2D eigenvalue weighted by atomic mass is 79.9. The molecule has 0 saturated heterocycles. The van der Waals surface area contributed by atoms with Crippen LogP contribution in [0.1, 0.15) is 5.76 Å². The van der Waals surface area contributed by atoms with Gasteiger partial charge in [0.1, 0.15) is 11.5 Å². The fourth-order valence-corrected chi connectivity index (χ4v) is 2.34. The van der Waals surface area contributed by atoms with Crippen LogP contribution in [0.25, 0.3) is 22.1 Å². The van der Waals surface area contributed by atoms with Gasteiger partial charge in [0, 0.05) is 10.0 Å². The Balaban J connectivity index is 2.16. The number of hydrogen-bond donors (Lipinski definition) is 0. The minimum absolute atomic E-state index is 0.923. The first-order valence-electron chi connectivity index (χ1n) is 5.48. The summed E-state index contributed by atoms with van der Waals surface area (Å²) < 4.78 is 6.74. The zero-order valence-electron chi connectivity index (χ0n) is 9.41. The van der Waals surface area contributed by atoms with E-state index in [-0.39, 0.29) is 0 Å². The molecule has 3 rings (SSSR count). The van der Waals surface area contributed by atoms with Crippen LogP contribution in [0, 0.1) is 6.92 Å². The van der Waals surface area contributed by atoms with Crippen LogP contribution in [0.4, 0.5) is 0 Å². The molecule has 0 aliphatic rings. The lowest BCUT2D eigenvalue weighted by atomic mass is 10.1. The van der Waals surface area contributed by atoms with E-state index in [9.17, 15) is 0 Å². The first kappa shape index (κ1) is 10.6. The predicted octanol–water partition coefficient (Wildman–Crippen LogP) is 5.17. The fourth-order valence-electron chi connectivity index (χ4n) is 1.96. The van der Waals surface area contributed by atoms with Gasteiger partial charge in [0.05, 0.1) is 0 Å². The molecule has 1 nitrogen and oxygen atoms in total. The normalized spacial score (nSPS) is 10.9. The average molecular weight is 287 g/mol. The molecular weight excluding hydrogens is 276 g/mol. The maximum atomic E-state index is 5.63. The van der Waals surface area contributed by atoms with Gasteiger partial charge in [-0.15, -0.1) is 0 Å². The van der Waals surface area contributed by atoms with Gasteiger partial charge in [-0.1, -0.05) is 34.1 Å². The van der Waals surface area contributed by atoms with Crippen molar-refractivity contribution in [2.75, 3.05) is 0 Å². The molecule has 2 heteroatoms. The predicted molar refractivity (Wildman–Crippen MR) is 74.1 cm³/mol. The Morgan fingerprint density at radius 2 is 1.65 bits per heavy atom. The van der Waals surface area contributed by atoms with Gasteiger partial charge in [0.25, 0.3) is 0 Å². The number of rotatable bonds is 1. The Labute approximate surface area is 108 Å². The molecule has 0 aliphatic carbocycles. The molecule has 0 saturated carbocycles. The van der Waals surface area contributed by atoms with Crippen LogP contribution in [0.15, 0.2) is 57.4 Å². The van der Waals surface area contributed by atoms with E-state index in [2.05, 4.69) is 52.3 Å². The summed E-state index contributed by atoms with van der Waals surface area (Å²) in [5.41, 5.74) is 1.12. The number of furan rings is 1. The molecule has 1 heterocycles. The molecule has 0 unspecified atom stereocenters. The molecule has 0 fully saturated rings. The van der Waals surface area contributed by atoms with Crippen LogP contribution >= 0.6 is 15.9 Å². The van der Waals surface area contributed by atoms with E-state index in [1.54, 1.807) is 0 Å². The summed E-state index contributed by atoms with van der Waals surface area (Å²) in [4.78, 5) is 0. The van der Waals surface area contributed by atoms with E-state index < -0.39 is 0 Å². The van der Waals surface area contributed by atoms with Crippen LogP contribution < -0.4 is 0 Å². The molecule has 84 valence electrons. The summed E-state index contributed by atoms with van der Waals surface area (Å²) in [6, 6.07) is 16.6. The number of hydrogen-bond acceptors (Lipinski definition) is 1. The van der Waals surface area contributed by atoms with Crippen molar-refractivity contribution in [3.05, 3.63) is 58.8 Å². The van der Waals surface area contributed by atoms with E-state index in [0.29, 0.717) is 0 Å². The fraction of sp³-hybridized carbons (Fsp3) is 0.0667. The van der Waals surface area contributed by atoms with Crippen molar-refractivity contribution < 1.29 is 4.42 Å². The smallest absolute Gasteiger partial charge is 0.134 e. The van der Waals surface area contributed by atoms with Gasteiger partial charge in [-0.2, -0.15) is 0 Å². The Kier molecular flexibility index (Phi) is 2.52. The molecule has 17 heavy (non-hydrogen) atoms. The third-order valence-electron chi connectivity index (χ3n) is 2.83. The summed E-state index contributed by atoms with van der Waals surface area (Å²) >= 11 is 3.48. The van der Waals surface area contributed by atoms with E-state index in [1.165, 1.54) is 10.8 Å². The lowest BCUT2D eigenvalue weighted by molar-refractivity contribution is 0.548. The summed E-state index contributed by atoms with van der Waals surface area (Å²) in [5, 5.41) is 2.45. The Morgan fingerprint density at radius 1 is 0.882 bits per heavy atom. The molecule has 0 bridgehead atoms. The second kappa shape index (κ2) is 4.04. The van der Waals surface area contributed by atoms with Crippen molar-refractivity contribution in [1.29, 1.82) is 0 Å². The van der Waals surface area contributed by atoms with Gasteiger partial charge in [-0.3, -0.25) is 0 Å². The average Bonchev–Trinajstić information content (AvgIpc) is 2.75. The van der Waals surface area contributed by atoms with Crippen LogP contribution in [-0.2, 0) is 0 Å². The second-order valence-corrected chi connectivity index (χ2v) is 5.03. The highest BCUT2D eigenvalue weighted by Gasteiger charge is 2.03. The van der Waals surface area contributed by atoms with Crippen LogP contribution in [0.2, 0.25) is 0 Å². The lowest BCUT2D eigenvalue weighted by Gasteiger charge is -2.02. The number of benzene rings is 2. The third-order valence-corrected chi connectivity index (χ3v) is 3.32. The van der Waals surface area contributed by atoms with Gasteiger partial charge in [-0.25, -0.2) is 0 Å². The highest BCUT2D eigenvalue weighted by molar-refractivity contribution is 9.10. The molecule has 0 atom stereocenters. The Hall–Kier alpha value is -1.54. The van der Waals surface area contributed by atoms with E-state index >= 15 is 0 Å². The number of fused-ring (bicyclic) bond motifs is 1. The Morgan fingerprint density at radius 3 is 2.41 bits per heavy atom. The summed E-state index contributed by atoms with van der Waals surface area (Å²) in [6.07, 6.45) is 0. The summed E-state index contributed by atoms with van der Waals surface area (Å²) in [7, 11) is 0. The second-order valence-electron chi connectivity index (χ2n) is 4.12. The largest absolute Gasteiger partial charge is 0.461 e. The summed E-state index contributed by atoms with van der Waals surface area (Å²) in [6.45, 7) is 1.96. The van der Waals surface area contributed by atoms with Crippen molar-refractivity contribution in [3.8, 4) is 11.3 Å². The van der Waals surface area contributed by atoms with Crippen molar-refractivity contribution >= 4 is 26.7 Å². The van der Waals surface area contributed by atoms with Gasteiger partial charge < -0.3 is 4.42 Å². The number of aryl methyl sites for hydroxylation is 1. The first-order chi connectivity index (χ1) is 8.22. The van der Waals surface area contributed by atoms with Crippen molar-refractivity contribution in [3.63, 3.8) is 0 Å². The van der Waals surface area contributed by atoms with Gasteiger partial charge in [0.2, 0.25) is 0 Å². The molecular formula is C15H11BrO. The lowest BCUT2D eigenvalue weighted by Crippen LogP contribution is -1.77. The molecule has 1 aromatic heterocycles. The molecule has 0 aliphatic heterocycles. The molecule has 0 radical (unpaired) electrons. The minimum Gasteiger partial charge on any atom is -0.461 e. The van der Waals surface area contributed by atoms with E-state index in [1.807, 2.05) is 19.1 Å². The minimum atomic E-state index is 0.923. The first-order valence-corrected chi connectivity index (χ1v) is 6.28. The zero-order chi connectivity index (χ0) is 11.8. The van der Waals surface area contributed by atoms with Gasteiger partial charge >= 0.3 is 0 Å². The third kappa shape index (κ3) is 2.01. The monoisotopic (exact) mass is 286 g/mol. The zero-order valence-corrected chi connectivity index (χ0v) is 11.0. The van der Waals surface area contributed by atoms with Crippen LogP contribution in [0.3, 0.4) is 0 Å².